The molecule has 5 heteroatoms. The number of rotatable bonds is 40. The van der Waals surface area contributed by atoms with Crippen LogP contribution >= 0.6 is 0 Å². The van der Waals surface area contributed by atoms with E-state index in [0.717, 1.165) is 70.1 Å². The third-order valence-corrected chi connectivity index (χ3v) is 12.6. The predicted octanol–water partition coefficient (Wildman–Crippen LogP) is 15.3. The van der Waals surface area contributed by atoms with E-state index >= 15 is 0 Å². The zero-order valence-electron chi connectivity index (χ0n) is 38.0. The molecule has 0 aliphatic carbocycles. The second kappa shape index (κ2) is 40.2. The van der Waals surface area contributed by atoms with Crippen LogP contribution in [0, 0.1) is 17.8 Å². The molecule has 0 atom stereocenters. The first kappa shape index (κ1) is 52.4. The van der Waals surface area contributed by atoms with E-state index in [4.69, 9.17) is 9.47 Å². The lowest BCUT2D eigenvalue weighted by Gasteiger charge is -2.27. The Hall–Kier alpha value is -1.62. The number of allylic oxidation sites excluding steroid dienone is 4. The summed E-state index contributed by atoms with van der Waals surface area (Å²) in [5.41, 5.74) is 0. The molecule has 0 aromatic carbocycles. The number of hydrogen-bond acceptors (Lipinski definition) is 5. The van der Waals surface area contributed by atoms with E-state index in [1.54, 1.807) is 0 Å². The summed E-state index contributed by atoms with van der Waals surface area (Å²) in [6.45, 7) is 13.9. The Bertz CT molecular complexity index is 855. The highest BCUT2D eigenvalue weighted by Crippen LogP contribution is 2.24. The van der Waals surface area contributed by atoms with Crippen molar-refractivity contribution in [3.05, 3.63) is 24.3 Å². The summed E-state index contributed by atoms with van der Waals surface area (Å²) in [5.74, 6) is 1.94. The van der Waals surface area contributed by atoms with E-state index in [1.165, 1.54) is 154 Å². The smallest absolute Gasteiger partial charge is 0.305 e. The van der Waals surface area contributed by atoms with Gasteiger partial charge in [-0.3, -0.25) is 9.59 Å². The average Bonchev–Trinajstić information content (AvgIpc) is 3.21. The Morgan fingerprint density at radius 1 is 0.446 bits per heavy atom. The lowest BCUT2D eigenvalue weighted by molar-refractivity contribution is -0.146. The number of unbranched alkanes of at least 4 members (excludes halogenated alkanes) is 16. The molecule has 5 nitrogen and oxygen atoms in total. The van der Waals surface area contributed by atoms with Gasteiger partial charge in [0.05, 0.1) is 13.2 Å². The summed E-state index contributed by atoms with van der Waals surface area (Å²) in [7, 11) is 0. The van der Waals surface area contributed by atoms with Crippen LogP contribution in [-0.4, -0.2) is 49.7 Å². The fraction of sp³-hybridized carbons (Fsp3) is 0.882. The molecule has 1 saturated heterocycles. The minimum absolute atomic E-state index is 0.0181. The van der Waals surface area contributed by atoms with E-state index in [2.05, 4.69) is 56.9 Å². The maximum Gasteiger partial charge on any atom is 0.305 e. The molecular weight excluding hydrogens is 691 g/mol. The van der Waals surface area contributed by atoms with Crippen LogP contribution in [-0.2, 0) is 19.1 Å². The summed E-state index contributed by atoms with van der Waals surface area (Å²) in [6.07, 6.45) is 50.1. The molecule has 1 rings (SSSR count). The second-order valence-corrected chi connectivity index (χ2v) is 17.5. The van der Waals surface area contributed by atoms with Crippen molar-refractivity contribution in [2.45, 2.75) is 240 Å². The zero-order chi connectivity index (χ0) is 40.6. The van der Waals surface area contributed by atoms with Crippen molar-refractivity contribution in [3.63, 3.8) is 0 Å². The quantitative estimate of drug-likeness (QED) is 0.0352. The van der Waals surface area contributed by atoms with Crippen molar-refractivity contribution in [1.82, 2.24) is 4.90 Å². The minimum Gasteiger partial charge on any atom is -0.465 e. The Labute approximate surface area is 349 Å². The molecule has 0 saturated carbocycles. The maximum atomic E-state index is 11.9. The summed E-state index contributed by atoms with van der Waals surface area (Å²) in [5, 5.41) is 0. The average molecular weight is 786 g/mol. The Balaban J connectivity index is 2.07. The molecule has 0 amide bonds. The van der Waals surface area contributed by atoms with E-state index in [1.807, 2.05) is 0 Å². The summed E-state index contributed by atoms with van der Waals surface area (Å²) >= 11 is 0. The van der Waals surface area contributed by atoms with Crippen LogP contribution in [0.15, 0.2) is 24.3 Å². The molecule has 0 spiro atoms. The van der Waals surface area contributed by atoms with Gasteiger partial charge in [-0.25, -0.2) is 0 Å². The van der Waals surface area contributed by atoms with Crippen molar-refractivity contribution in [3.8, 4) is 0 Å². The molecule has 0 aromatic rings. The summed E-state index contributed by atoms with van der Waals surface area (Å²) in [4.78, 5) is 26.6. The van der Waals surface area contributed by atoms with Crippen LogP contribution in [0.1, 0.15) is 240 Å². The van der Waals surface area contributed by atoms with Gasteiger partial charge in [0.2, 0.25) is 0 Å². The lowest BCUT2D eigenvalue weighted by atomic mass is 9.90. The van der Waals surface area contributed by atoms with E-state index in [-0.39, 0.29) is 11.9 Å². The second-order valence-electron chi connectivity index (χ2n) is 17.5. The van der Waals surface area contributed by atoms with Crippen LogP contribution in [0.5, 0.6) is 0 Å². The van der Waals surface area contributed by atoms with E-state index in [0.29, 0.717) is 37.9 Å². The molecule has 328 valence electrons. The highest BCUT2D eigenvalue weighted by molar-refractivity contribution is 5.69. The molecule has 1 heterocycles. The molecule has 0 unspecified atom stereocenters. The Morgan fingerprint density at radius 3 is 1.21 bits per heavy atom. The van der Waals surface area contributed by atoms with E-state index < -0.39 is 0 Å². The number of nitrogens with zero attached hydrogens (tertiary/aromatic N) is 1. The lowest BCUT2D eigenvalue weighted by Crippen LogP contribution is -2.30. The van der Waals surface area contributed by atoms with Crippen molar-refractivity contribution >= 4 is 11.9 Å². The van der Waals surface area contributed by atoms with Crippen LogP contribution in [0.3, 0.4) is 0 Å². The maximum absolute atomic E-state index is 11.9. The van der Waals surface area contributed by atoms with Crippen molar-refractivity contribution in [1.29, 1.82) is 0 Å². The highest BCUT2D eigenvalue weighted by Gasteiger charge is 2.13. The Kier molecular flexibility index (Phi) is 37.6. The molecule has 56 heavy (non-hydrogen) atoms. The van der Waals surface area contributed by atoms with Gasteiger partial charge in [0, 0.05) is 12.8 Å². The van der Waals surface area contributed by atoms with Gasteiger partial charge < -0.3 is 14.4 Å². The van der Waals surface area contributed by atoms with Crippen LogP contribution in [0.4, 0.5) is 0 Å². The SMILES string of the molecule is CCC(CC)COC(=O)CCCC/C=C\CCCCCCCCC(CCCCCCCC/C=C\CCCCC(=O)OCC(CC)CC)CCCN1CCCCC1. The fourth-order valence-electron chi connectivity index (χ4n) is 8.17. The van der Waals surface area contributed by atoms with Gasteiger partial charge in [-0.05, 0) is 127 Å². The monoisotopic (exact) mass is 786 g/mol. The fourth-order valence-corrected chi connectivity index (χ4v) is 8.17. The van der Waals surface area contributed by atoms with Gasteiger partial charge >= 0.3 is 11.9 Å². The van der Waals surface area contributed by atoms with Crippen molar-refractivity contribution in [2.75, 3.05) is 32.8 Å². The van der Waals surface area contributed by atoms with E-state index in [9.17, 15) is 9.59 Å². The van der Waals surface area contributed by atoms with Gasteiger partial charge in [-0.1, -0.05) is 161 Å². The molecule has 0 N–H and O–H groups in total. The van der Waals surface area contributed by atoms with Crippen LogP contribution in [0.2, 0.25) is 0 Å². The number of carbonyl (C=O) groups excluding carboxylic acids is 2. The number of ether oxygens (including phenoxy) is 2. The van der Waals surface area contributed by atoms with Crippen molar-refractivity contribution < 1.29 is 19.1 Å². The minimum atomic E-state index is -0.0181. The predicted molar refractivity (Wildman–Crippen MR) is 242 cm³/mol. The largest absolute Gasteiger partial charge is 0.465 e. The third-order valence-electron chi connectivity index (χ3n) is 12.6. The number of piperidine rings is 1. The molecular formula is C51H95NO4. The first-order valence-electron chi connectivity index (χ1n) is 24.9. The first-order valence-corrected chi connectivity index (χ1v) is 24.9. The normalized spacial score (nSPS) is 14.0. The highest BCUT2D eigenvalue weighted by atomic mass is 16.5. The molecule has 0 bridgehead atoms. The number of esters is 2. The summed E-state index contributed by atoms with van der Waals surface area (Å²) in [6, 6.07) is 0. The number of likely N-dealkylation sites (tertiary alicyclic amines) is 1. The molecule has 1 aliphatic rings. The summed E-state index contributed by atoms with van der Waals surface area (Å²) < 4.78 is 10.9. The van der Waals surface area contributed by atoms with Gasteiger partial charge in [0.25, 0.3) is 0 Å². The topological polar surface area (TPSA) is 55.8 Å². The first-order chi connectivity index (χ1) is 27.5. The number of carbonyl (C=O) groups is 2. The van der Waals surface area contributed by atoms with Gasteiger partial charge in [-0.15, -0.1) is 0 Å². The number of hydrogen-bond donors (Lipinski definition) is 0. The van der Waals surface area contributed by atoms with Crippen LogP contribution in [0.25, 0.3) is 0 Å². The van der Waals surface area contributed by atoms with Crippen molar-refractivity contribution in [2.24, 2.45) is 17.8 Å². The third kappa shape index (κ3) is 33.4. The molecule has 0 radical (unpaired) electrons. The zero-order valence-corrected chi connectivity index (χ0v) is 38.0. The Morgan fingerprint density at radius 2 is 0.804 bits per heavy atom. The van der Waals surface area contributed by atoms with Crippen LogP contribution < -0.4 is 0 Å². The standard InChI is InChI=1S/C51H95NO4/c1-5-47(6-2)45-55-50(53)40-32-27-23-19-15-11-9-13-17-21-25-30-37-49(39-36-44-52-42-34-29-35-43-52)38-31-26-22-18-14-10-12-16-20-24-28-33-41-51(54)56-46-48(7-3)8-4/h15-16,19-20,47-49H,5-14,17-18,21-46H2,1-4H3/b19-15-,20-16-. The van der Waals surface area contributed by atoms with Gasteiger partial charge in [0.15, 0.2) is 0 Å². The van der Waals surface area contributed by atoms with Gasteiger partial charge in [-0.2, -0.15) is 0 Å². The van der Waals surface area contributed by atoms with Gasteiger partial charge in [0.1, 0.15) is 0 Å². The molecule has 1 aliphatic heterocycles. The molecule has 0 aromatic heterocycles. The molecule has 1 fully saturated rings.